The van der Waals surface area contributed by atoms with Gasteiger partial charge in [0.1, 0.15) is 5.56 Å². The molecule has 7 heteroatoms. The SMILES string of the molecule is Nc1ccc(C(=O)CSc2nc(O)c(-c3ccccc3)c(=O)[nH]2)cc1. The van der Waals surface area contributed by atoms with E-state index in [1.807, 2.05) is 6.07 Å². The third kappa shape index (κ3) is 3.89. The number of aromatic hydroxyl groups is 1. The number of Topliss-reactive ketones (excluding diaryl/α,β-unsaturated/α-hetero) is 1. The fraction of sp³-hybridized carbons (Fsp3) is 0.0556. The van der Waals surface area contributed by atoms with Crippen molar-refractivity contribution in [2.45, 2.75) is 5.16 Å². The highest BCUT2D eigenvalue weighted by molar-refractivity contribution is 7.99. The first-order valence-electron chi connectivity index (χ1n) is 7.45. The van der Waals surface area contributed by atoms with Crippen LogP contribution < -0.4 is 11.3 Å². The molecule has 1 aromatic heterocycles. The van der Waals surface area contributed by atoms with Crippen LogP contribution in [0.4, 0.5) is 5.69 Å². The van der Waals surface area contributed by atoms with E-state index in [2.05, 4.69) is 9.97 Å². The maximum absolute atomic E-state index is 12.2. The molecule has 0 fully saturated rings. The molecule has 25 heavy (non-hydrogen) atoms. The van der Waals surface area contributed by atoms with E-state index in [0.29, 0.717) is 16.8 Å². The first-order chi connectivity index (χ1) is 12.0. The van der Waals surface area contributed by atoms with Gasteiger partial charge in [0.05, 0.1) is 5.75 Å². The maximum atomic E-state index is 12.2. The predicted octanol–water partition coefficient (Wildman–Crippen LogP) is 2.70. The van der Waals surface area contributed by atoms with Crippen LogP contribution in [0.2, 0.25) is 0 Å². The van der Waals surface area contributed by atoms with Crippen molar-refractivity contribution in [3.63, 3.8) is 0 Å². The van der Waals surface area contributed by atoms with Crippen molar-refractivity contribution >= 4 is 23.2 Å². The van der Waals surface area contributed by atoms with Gasteiger partial charge in [-0.25, -0.2) is 0 Å². The molecule has 0 bridgehead atoms. The molecule has 1 heterocycles. The largest absolute Gasteiger partial charge is 0.493 e. The summed E-state index contributed by atoms with van der Waals surface area (Å²) in [5.41, 5.74) is 6.92. The van der Waals surface area contributed by atoms with E-state index in [4.69, 9.17) is 5.73 Å². The van der Waals surface area contributed by atoms with Crippen LogP contribution >= 0.6 is 11.8 Å². The lowest BCUT2D eigenvalue weighted by atomic mass is 10.1. The molecule has 3 aromatic rings. The Hall–Kier alpha value is -3.06. The van der Waals surface area contributed by atoms with Gasteiger partial charge in [0, 0.05) is 11.3 Å². The van der Waals surface area contributed by atoms with E-state index >= 15 is 0 Å². The molecule has 0 saturated carbocycles. The smallest absolute Gasteiger partial charge is 0.263 e. The molecule has 126 valence electrons. The summed E-state index contributed by atoms with van der Waals surface area (Å²) < 4.78 is 0. The second-order valence-corrected chi connectivity index (χ2v) is 6.23. The molecule has 6 nitrogen and oxygen atoms in total. The maximum Gasteiger partial charge on any atom is 0.263 e. The number of carbonyl (C=O) groups excluding carboxylic acids is 1. The average Bonchev–Trinajstić information content (AvgIpc) is 2.61. The number of ketones is 1. The second-order valence-electron chi connectivity index (χ2n) is 5.27. The third-order valence-corrected chi connectivity index (χ3v) is 4.39. The quantitative estimate of drug-likeness (QED) is 0.282. The van der Waals surface area contributed by atoms with Crippen LogP contribution in [0.25, 0.3) is 11.1 Å². The number of nitrogens with one attached hydrogen (secondary N) is 1. The highest BCUT2D eigenvalue weighted by Crippen LogP contribution is 2.25. The number of nitrogen functional groups attached to an aromatic ring is 1. The Morgan fingerprint density at radius 2 is 1.80 bits per heavy atom. The molecule has 0 atom stereocenters. The lowest BCUT2D eigenvalue weighted by Gasteiger charge is -2.06. The van der Waals surface area contributed by atoms with Crippen molar-refractivity contribution in [1.29, 1.82) is 0 Å². The number of H-pyrrole nitrogens is 1. The summed E-state index contributed by atoms with van der Waals surface area (Å²) in [4.78, 5) is 31.0. The molecule has 4 N–H and O–H groups in total. The van der Waals surface area contributed by atoms with E-state index < -0.39 is 5.56 Å². The molecule has 0 aliphatic carbocycles. The molecule has 0 aliphatic rings. The highest BCUT2D eigenvalue weighted by Gasteiger charge is 2.14. The number of benzene rings is 2. The van der Waals surface area contributed by atoms with E-state index in [-0.39, 0.29) is 28.1 Å². The van der Waals surface area contributed by atoms with Gasteiger partial charge in [0.2, 0.25) is 5.88 Å². The molecule has 0 unspecified atom stereocenters. The zero-order chi connectivity index (χ0) is 17.8. The minimum absolute atomic E-state index is 0.0803. The van der Waals surface area contributed by atoms with Crippen molar-refractivity contribution in [2.24, 2.45) is 0 Å². The van der Waals surface area contributed by atoms with Crippen molar-refractivity contribution < 1.29 is 9.90 Å². The summed E-state index contributed by atoms with van der Waals surface area (Å²) in [5, 5.41) is 10.3. The number of aromatic nitrogens is 2. The van der Waals surface area contributed by atoms with Gasteiger partial charge in [-0.2, -0.15) is 4.98 Å². The van der Waals surface area contributed by atoms with E-state index in [1.54, 1.807) is 48.5 Å². The molecule has 0 radical (unpaired) electrons. The molecule has 2 aromatic carbocycles. The number of hydrogen-bond donors (Lipinski definition) is 3. The van der Waals surface area contributed by atoms with Crippen LogP contribution in [0, 0.1) is 0 Å². The molecular weight excluding hydrogens is 338 g/mol. The standard InChI is InChI=1S/C18H15N3O3S/c19-13-8-6-11(7-9-13)14(22)10-25-18-20-16(23)15(17(24)21-18)12-4-2-1-3-5-12/h1-9H,10,19H2,(H2,20,21,23,24). The zero-order valence-corrected chi connectivity index (χ0v) is 13.9. The summed E-state index contributed by atoms with van der Waals surface area (Å²) in [6.45, 7) is 0. The lowest BCUT2D eigenvalue weighted by molar-refractivity contribution is 0.102. The topological polar surface area (TPSA) is 109 Å². The Labute approximate surface area is 147 Å². The Kier molecular flexibility index (Phi) is 4.85. The van der Waals surface area contributed by atoms with Crippen molar-refractivity contribution in [3.8, 4) is 17.0 Å². The molecule has 0 aliphatic heterocycles. The highest BCUT2D eigenvalue weighted by atomic mass is 32.2. The minimum atomic E-state index is -0.457. The molecular formula is C18H15N3O3S. The van der Waals surface area contributed by atoms with Gasteiger partial charge in [0.25, 0.3) is 5.56 Å². The fourth-order valence-electron chi connectivity index (χ4n) is 2.26. The Balaban J connectivity index is 1.77. The number of thioether (sulfide) groups is 1. The predicted molar refractivity (Wildman–Crippen MR) is 97.9 cm³/mol. The van der Waals surface area contributed by atoms with Gasteiger partial charge >= 0.3 is 0 Å². The van der Waals surface area contributed by atoms with Crippen molar-refractivity contribution in [3.05, 3.63) is 70.5 Å². The van der Waals surface area contributed by atoms with Crippen LogP contribution in [-0.2, 0) is 0 Å². The van der Waals surface area contributed by atoms with Gasteiger partial charge in [-0.1, -0.05) is 42.1 Å². The van der Waals surface area contributed by atoms with Gasteiger partial charge < -0.3 is 15.8 Å². The number of hydrogen-bond acceptors (Lipinski definition) is 6. The van der Waals surface area contributed by atoms with Crippen LogP contribution in [0.1, 0.15) is 10.4 Å². The Bertz CT molecular complexity index is 954. The number of anilines is 1. The van der Waals surface area contributed by atoms with Gasteiger partial charge in [-0.3, -0.25) is 9.59 Å². The van der Waals surface area contributed by atoms with Crippen LogP contribution in [0.3, 0.4) is 0 Å². The van der Waals surface area contributed by atoms with Crippen LogP contribution in [0.15, 0.2) is 64.5 Å². The summed E-state index contributed by atoms with van der Waals surface area (Å²) in [6.07, 6.45) is 0. The fourth-order valence-corrected chi connectivity index (χ4v) is 3.01. The van der Waals surface area contributed by atoms with Gasteiger partial charge in [0.15, 0.2) is 10.9 Å². The van der Waals surface area contributed by atoms with E-state index in [1.165, 1.54) is 0 Å². The lowest BCUT2D eigenvalue weighted by Crippen LogP contribution is -2.12. The number of aromatic amines is 1. The van der Waals surface area contributed by atoms with E-state index in [0.717, 1.165) is 11.8 Å². The van der Waals surface area contributed by atoms with E-state index in [9.17, 15) is 14.7 Å². The average molecular weight is 353 g/mol. The molecule has 0 saturated heterocycles. The Morgan fingerprint density at radius 1 is 1.12 bits per heavy atom. The number of carbonyl (C=O) groups is 1. The second kappa shape index (κ2) is 7.23. The normalized spacial score (nSPS) is 10.6. The number of nitrogens with zero attached hydrogens (tertiary/aromatic N) is 1. The summed E-state index contributed by atoms with van der Waals surface area (Å²) >= 11 is 1.05. The van der Waals surface area contributed by atoms with Crippen LogP contribution in [-0.4, -0.2) is 26.6 Å². The summed E-state index contributed by atoms with van der Waals surface area (Å²) in [7, 11) is 0. The molecule has 0 amide bonds. The minimum Gasteiger partial charge on any atom is -0.493 e. The summed E-state index contributed by atoms with van der Waals surface area (Å²) in [6, 6.07) is 15.4. The number of nitrogens with two attached hydrogens (primary N) is 1. The Morgan fingerprint density at radius 3 is 2.44 bits per heavy atom. The number of rotatable bonds is 5. The summed E-state index contributed by atoms with van der Waals surface area (Å²) in [5.74, 6) is -0.409. The van der Waals surface area contributed by atoms with Gasteiger partial charge in [-0.05, 0) is 29.8 Å². The molecule has 3 rings (SSSR count). The van der Waals surface area contributed by atoms with Crippen molar-refractivity contribution in [2.75, 3.05) is 11.5 Å². The first-order valence-corrected chi connectivity index (χ1v) is 8.43. The molecule has 0 spiro atoms. The monoisotopic (exact) mass is 353 g/mol. The first kappa shape index (κ1) is 16.8. The van der Waals surface area contributed by atoms with Crippen molar-refractivity contribution in [1.82, 2.24) is 9.97 Å². The third-order valence-electron chi connectivity index (χ3n) is 3.51. The zero-order valence-electron chi connectivity index (χ0n) is 13.1. The van der Waals surface area contributed by atoms with Crippen LogP contribution in [0.5, 0.6) is 5.88 Å². The van der Waals surface area contributed by atoms with Gasteiger partial charge in [-0.15, -0.1) is 0 Å².